The minimum atomic E-state index is -0.0238. The normalized spacial score (nSPS) is 16.4. The Kier molecular flexibility index (Phi) is 6.95. The van der Waals surface area contributed by atoms with Crippen molar-refractivity contribution >= 4 is 5.91 Å². The molecule has 1 unspecified atom stereocenters. The Labute approximate surface area is 160 Å². The molecule has 0 saturated carbocycles. The molecule has 1 N–H and O–H groups in total. The van der Waals surface area contributed by atoms with Gasteiger partial charge in [-0.05, 0) is 30.0 Å². The maximum atomic E-state index is 12.6. The lowest BCUT2D eigenvalue weighted by atomic mass is 10.0. The molecule has 1 aliphatic rings. The molecule has 1 saturated heterocycles. The molecule has 1 aromatic heterocycles. The van der Waals surface area contributed by atoms with Gasteiger partial charge in [0.15, 0.2) is 0 Å². The van der Waals surface area contributed by atoms with Crippen LogP contribution in [-0.2, 0) is 11.3 Å². The van der Waals surface area contributed by atoms with Crippen LogP contribution in [0.2, 0.25) is 0 Å². The number of morpholine rings is 1. The highest BCUT2D eigenvalue weighted by atomic mass is 16.5. The van der Waals surface area contributed by atoms with E-state index in [0.717, 1.165) is 38.3 Å². The summed E-state index contributed by atoms with van der Waals surface area (Å²) >= 11 is 0. The summed E-state index contributed by atoms with van der Waals surface area (Å²) in [6.07, 6.45) is 4.27. The summed E-state index contributed by atoms with van der Waals surface area (Å²) < 4.78 is 7.22. The van der Waals surface area contributed by atoms with Gasteiger partial charge in [-0.1, -0.05) is 26.0 Å². The number of nitrogens with zero attached hydrogens (tertiary/aromatic N) is 4. The first kappa shape index (κ1) is 19.5. The van der Waals surface area contributed by atoms with E-state index in [4.69, 9.17) is 4.74 Å². The quantitative estimate of drug-likeness (QED) is 0.766. The van der Waals surface area contributed by atoms with E-state index in [1.807, 2.05) is 24.3 Å². The largest absolute Gasteiger partial charge is 0.379 e. The molecular weight excluding hydrogens is 342 g/mol. The first-order valence-electron chi connectivity index (χ1n) is 9.63. The number of carbonyl (C=O) groups excluding carboxylic acids is 1. The third kappa shape index (κ3) is 5.87. The summed E-state index contributed by atoms with van der Waals surface area (Å²) in [6, 6.07) is 8.01. The van der Waals surface area contributed by atoms with E-state index in [1.54, 1.807) is 11.0 Å². The monoisotopic (exact) mass is 371 g/mol. The van der Waals surface area contributed by atoms with Crippen LogP contribution >= 0.6 is 0 Å². The fourth-order valence-corrected chi connectivity index (χ4v) is 3.42. The first-order chi connectivity index (χ1) is 13.1. The number of ether oxygens (including phenoxy) is 1. The second-order valence-corrected chi connectivity index (χ2v) is 7.43. The van der Waals surface area contributed by atoms with Gasteiger partial charge in [0.1, 0.15) is 12.7 Å². The summed E-state index contributed by atoms with van der Waals surface area (Å²) in [5, 5.41) is 7.22. The van der Waals surface area contributed by atoms with Crippen LogP contribution in [0.3, 0.4) is 0 Å². The number of hydrogen-bond acceptors (Lipinski definition) is 5. The summed E-state index contributed by atoms with van der Waals surface area (Å²) in [5.41, 5.74) is 1.77. The molecule has 0 bridgehead atoms. The van der Waals surface area contributed by atoms with Crippen LogP contribution in [0.15, 0.2) is 36.9 Å². The van der Waals surface area contributed by atoms with Gasteiger partial charge >= 0.3 is 0 Å². The van der Waals surface area contributed by atoms with E-state index in [-0.39, 0.29) is 5.91 Å². The zero-order valence-corrected chi connectivity index (χ0v) is 16.2. The van der Waals surface area contributed by atoms with Gasteiger partial charge in [-0.2, -0.15) is 5.10 Å². The van der Waals surface area contributed by atoms with E-state index in [1.165, 1.54) is 6.33 Å². The zero-order valence-electron chi connectivity index (χ0n) is 16.2. The van der Waals surface area contributed by atoms with Crippen molar-refractivity contribution in [3.8, 4) is 0 Å². The van der Waals surface area contributed by atoms with E-state index >= 15 is 0 Å². The van der Waals surface area contributed by atoms with Gasteiger partial charge in [-0.15, -0.1) is 0 Å². The smallest absolute Gasteiger partial charge is 0.251 e. The highest BCUT2D eigenvalue weighted by molar-refractivity contribution is 5.94. The molecule has 2 aromatic rings. The maximum absolute atomic E-state index is 12.6. The molecule has 0 spiro atoms. The fourth-order valence-electron chi connectivity index (χ4n) is 3.42. The Bertz CT molecular complexity index is 694. The minimum absolute atomic E-state index is 0.0238. The van der Waals surface area contributed by atoms with Crippen LogP contribution < -0.4 is 5.32 Å². The average Bonchev–Trinajstić information content (AvgIpc) is 3.19. The van der Waals surface area contributed by atoms with Crippen molar-refractivity contribution in [1.29, 1.82) is 0 Å². The van der Waals surface area contributed by atoms with Crippen LogP contribution in [0.4, 0.5) is 0 Å². The lowest BCUT2D eigenvalue weighted by Gasteiger charge is -2.35. The Hall–Kier alpha value is -2.25. The van der Waals surface area contributed by atoms with Crippen LogP contribution in [0.5, 0.6) is 0 Å². The molecule has 146 valence electrons. The number of rotatable bonds is 8. The molecule has 1 aliphatic heterocycles. The van der Waals surface area contributed by atoms with Crippen LogP contribution in [0.25, 0.3) is 0 Å². The van der Waals surface area contributed by atoms with Crippen molar-refractivity contribution in [3.63, 3.8) is 0 Å². The number of carbonyl (C=O) groups is 1. The highest BCUT2D eigenvalue weighted by Crippen LogP contribution is 2.13. The predicted octanol–water partition coefficient (Wildman–Crippen LogP) is 1.80. The summed E-state index contributed by atoms with van der Waals surface area (Å²) in [7, 11) is 0. The van der Waals surface area contributed by atoms with Gasteiger partial charge in [0.05, 0.1) is 19.8 Å². The van der Waals surface area contributed by atoms with Gasteiger partial charge in [0.25, 0.3) is 5.91 Å². The maximum Gasteiger partial charge on any atom is 0.251 e. The lowest BCUT2D eigenvalue weighted by molar-refractivity contribution is 0.0124. The molecular formula is C20H29N5O2. The van der Waals surface area contributed by atoms with Crippen molar-refractivity contribution in [1.82, 2.24) is 25.0 Å². The number of aromatic nitrogens is 3. The van der Waals surface area contributed by atoms with Crippen LogP contribution in [0, 0.1) is 5.92 Å². The molecule has 1 amide bonds. The Morgan fingerprint density at radius 2 is 1.96 bits per heavy atom. The first-order valence-corrected chi connectivity index (χ1v) is 9.63. The van der Waals surface area contributed by atoms with Gasteiger partial charge < -0.3 is 10.1 Å². The van der Waals surface area contributed by atoms with Crippen LogP contribution in [-0.4, -0.2) is 64.5 Å². The molecule has 0 radical (unpaired) electrons. The Morgan fingerprint density at radius 1 is 1.22 bits per heavy atom. The zero-order chi connectivity index (χ0) is 19.1. The van der Waals surface area contributed by atoms with E-state index in [2.05, 4.69) is 34.1 Å². The number of amides is 1. The number of hydrogen-bond donors (Lipinski definition) is 1. The third-order valence-electron chi connectivity index (χ3n) is 4.83. The number of nitrogens with one attached hydrogen (secondary N) is 1. The number of benzene rings is 1. The molecule has 1 atom stereocenters. The van der Waals surface area contributed by atoms with Crippen LogP contribution in [0.1, 0.15) is 36.2 Å². The highest BCUT2D eigenvalue weighted by Gasteiger charge is 2.22. The predicted molar refractivity (Wildman–Crippen MR) is 104 cm³/mol. The molecule has 2 heterocycles. The molecule has 7 heteroatoms. The van der Waals surface area contributed by atoms with Crippen molar-refractivity contribution in [2.45, 2.75) is 32.9 Å². The minimum Gasteiger partial charge on any atom is -0.379 e. The standard InChI is InChI=1S/C20H29N5O2/c1-16(2)11-19(24-7-9-27-10-8-24)12-22-20(26)18-5-3-17(4-6-18)13-25-15-21-14-23-25/h3-6,14-16,19H,7-13H2,1-2H3,(H,22,26). The molecule has 0 aliphatic carbocycles. The fraction of sp³-hybridized carbons (Fsp3) is 0.550. The summed E-state index contributed by atoms with van der Waals surface area (Å²) in [5.74, 6) is 0.565. The van der Waals surface area contributed by atoms with Crippen molar-refractivity contribution < 1.29 is 9.53 Å². The van der Waals surface area contributed by atoms with Gasteiger partial charge in [-0.25, -0.2) is 9.67 Å². The van der Waals surface area contributed by atoms with E-state index in [0.29, 0.717) is 30.6 Å². The van der Waals surface area contributed by atoms with E-state index in [9.17, 15) is 4.79 Å². The molecule has 7 nitrogen and oxygen atoms in total. The second-order valence-electron chi connectivity index (χ2n) is 7.43. The van der Waals surface area contributed by atoms with Gasteiger partial charge in [-0.3, -0.25) is 9.69 Å². The summed E-state index contributed by atoms with van der Waals surface area (Å²) in [4.78, 5) is 18.9. The topological polar surface area (TPSA) is 72.3 Å². The second kappa shape index (κ2) is 9.62. The summed E-state index contributed by atoms with van der Waals surface area (Å²) in [6.45, 7) is 9.18. The Balaban J connectivity index is 1.54. The SMILES string of the molecule is CC(C)CC(CNC(=O)c1ccc(Cn2cncn2)cc1)N1CCOCC1. The molecule has 3 rings (SSSR count). The Morgan fingerprint density at radius 3 is 2.59 bits per heavy atom. The molecule has 27 heavy (non-hydrogen) atoms. The van der Waals surface area contributed by atoms with Crippen molar-refractivity contribution in [2.24, 2.45) is 5.92 Å². The lowest BCUT2D eigenvalue weighted by Crippen LogP contribution is -2.49. The molecule has 1 aromatic carbocycles. The van der Waals surface area contributed by atoms with Gasteiger partial charge in [0, 0.05) is 31.2 Å². The van der Waals surface area contributed by atoms with E-state index < -0.39 is 0 Å². The third-order valence-corrected chi connectivity index (χ3v) is 4.83. The van der Waals surface area contributed by atoms with Gasteiger partial charge in [0.2, 0.25) is 0 Å². The average molecular weight is 371 g/mol. The van der Waals surface area contributed by atoms with Crippen molar-refractivity contribution in [2.75, 3.05) is 32.8 Å². The van der Waals surface area contributed by atoms with Crippen molar-refractivity contribution in [3.05, 3.63) is 48.0 Å². The molecule has 1 fully saturated rings.